The van der Waals surface area contributed by atoms with Crippen LogP contribution in [0.1, 0.15) is 33.2 Å². The maximum atomic E-state index is 13.4. The van der Waals surface area contributed by atoms with Gasteiger partial charge in [0.2, 0.25) is 0 Å². The average molecular weight is 553 g/mol. The smallest absolute Gasteiger partial charge is 0.344 e. The number of hydrogen-bond donors (Lipinski definition) is 1. The molecule has 0 aromatic heterocycles. The number of nitrogens with one attached hydrogen (secondary N) is 1. The lowest BCUT2D eigenvalue weighted by molar-refractivity contribution is -0.145. The lowest BCUT2D eigenvalue weighted by atomic mass is 9.98. The van der Waals surface area contributed by atoms with Gasteiger partial charge in [0.15, 0.2) is 6.61 Å². The zero-order valence-electron chi connectivity index (χ0n) is 23.5. The summed E-state index contributed by atoms with van der Waals surface area (Å²) in [5, 5.41) is 2.92. The van der Waals surface area contributed by atoms with Crippen molar-refractivity contribution < 1.29 is 28.6 Å². The highest BCUT2D eigenvalue weighted by atomic mass is 16.6. The van der Waals surface area contributed by atoms with Crippen LogP contribution in [0.2, 0.25) is 0 Å². The Hall–Kier alpha value is -5.11. The average Bonchev–Trinajstić information content (AvgIpc) is 3.00. The number of rotatable bonds is 10. The molecule has 0 atom stereocenters. The molecule has 41 heavy (non-hydrogen) atoms. The molecule has 8 nitrogen and oxygen atoms in total. The molecule has 0 aliphatic heterocycles. The third kappa shape index (κ3) is 6.91. The van der Waals surface area contributed by atoms with Crippen LogP contribution >= 0.6 is 0 Å². The van der Waals surface area contributed by atoms with Crippen molar-refractivity contribution in [2.45, 2.75) is 13.8 Å². The summed E-state index contributed by atoms with van der Waals surface area (Å²) in [6, 6.07) is 27.1. The zero-order valence-corrected chi connectivity index (χ0v) is 23.5. The fourth-order valence-electron chi connectivity index (χ4n) is 4.28. The fraction of sp³-hybridized carbons (Fsp3) is 0.182. The Bertz CT molecular complexity index is 1550. The minimum Gasteiger partial charge on any atom is -0.495 e. The molecule has 4 rings (SSSR count). The molecule has 0 aliphatic carbocycles. The van der Waals surface area contributed by atoms with Gasteiger partial charge in [-0.1, -0.05) is 60.2 Å². The molecule has 0 bridgehead atoms. The van der Waals surface area contributed by atoms with Crippen LogP contribution in [0.5, 0.6) is 11.5 Å². The first kappa shape index (κ1) is 28.9. The minimum absolute atomic E-state index is 0.250. The number of esters is 1. The van der Waals surface area contributed by atoms with E-state index in [0.29, 0.717) is 34.0 Å². The van der Waals surface area contributed by atoms with Gasteiger partial charge in [0.25, 0.3) is 11.8 Å². The summed E-state index contributed by atoms with van der Waals surface area (Å²) in [4.78, 5) is 40.0. The molecule has 0 unspecified atom stereocenters. The third-order valence-electron chi connectivity index (χ3n) is 6.41. The lowest BCUT2D eigenvalue weighted by Crippen LogP contribution is -2.27. The number of carbonyl (C=O) groups excluding carboxylic acids is 3. The molecule has 2 amide bonds. The molecule has 210 valence electrons. The van der Waals surface area contributed by atoms with Crippen molar-refractivity contribution in [3.8, 4) is 22.6 Å². The molecular weight excluding hydrogens is 520 g/mol. The first-order chi connectivity index (χ1) is 19.8. The van der Waals surface area contributed by atoms with Gasteiger partial charge >= 0.3 is 5.97 Å². The number of benzene rings is 4. The SMILES string of the molecule is CCOC(=O)COc1ccccc1N(C)C(=O)c1ccc(NC(=O)c2ccccc2-c2ccc(C)cc2)c(OC)c1. The van der Waals surface area contributed by atoms with Crippen LogP contribution in [0, 0.1) is 6.92 Å². The van der Waals surface area contributed by atoms with Gasteiger partial charge in [-0.15, -0.1) is 0 Å². The monoisotopic (exact) mass is 552 g/mol. The van der Waals surface area contributed by atoms with Crippen LogP contribution in [0.25, 0.3) is 11.1 Å². The van der Waals surface area contributed by atoms with Gasteiger partial charge in [-0.25, -0.2) is 4.79 Å². The summed E-state index contributed by atoms with van der Waals surface area (Å²) in [5.41, 5.74) is 4.62. The molecule has 0 radical (unpaired) electrons. The van der Waals surface area contributed by atoms with Gasteiger partial charge < -0.3 is 24.4 Å². The summed E-state index contributed by atoms with van der Waals surface area (Å²) in [7, 11) is 3.08. The second-order valence-corrected chi connectivity index (χ2v) is 9.21. The summed E-state index contributed by atoms with van der Waals surface area (Å²) in [6.07, 6.45) is 0. The molecule has 0 saturated heterocycles. The Morgan fingerprint density at radius 1 is 0.854 bits per heavy atom. The number of methoxy groups -OCH3 is 1. The Morgan fingerprint density at radius 3 is 2.29 bits per heavy atom. The summed E-state index contributed by atoms with van der Waals surface area (Å²) >= 11 is 0. The second-order valence-electron chi connectivity index (χ2n) is 9.21. The molecular formula is C33H32N2O6. The van der Waals surface area contributed by atoms with E-state index in [2.05, 4.69) is 5.32 Å². The van der Waals surface area contributed by atoms with Crippen LogP contribution in [0.4, 0.5) is 11.4 Å². The quantitative estimate of drug-likeness (QED) is 0.238. The van der Waals surface area contributed by atoms with Crippen molar-refractivity contribution in [3.05, 3.63) is 108 Å². The zero-order chi connectivity index (χ0) is 29.4. The molecule has 4 aromatic rings. The van der Waals surface area contributed by atoms with Gasteiger partial charge in [-0.2, -0.15) is 0 Å². The van der Waals surface area contributed by atoms with E-state index in [-0.39, 0.29) is 25.0 Å². The highest BCUT2D eigenvalue weighted by molar-refractivity contribution is 6.10. The van der Waals surface area contributed by atoms with Crippen LogP contribution in [0.15, 0.2) is 91.0 Å². The molecule has 0 aliphatic rings. The van der Waals surface area contributed by atoms with Crippen molar-refractivity contribution in [1.29, 1.82) is 0 Å². The van der Waals surface area contributed by atoms with E-state index in [4.69, 9.17) is 14.2 Å². The van der Waals surface area contributed by atoms with E-state index in [1.54, 1.807) is 62.5 Å². The van der Waals surface area contributed by atoms with E-state index in [9.17, 15) is 14.4 Å². The molecule has 8 heteroatoms. The Balaban J connectivity index is 1.54. The van der Waals surface area contributed by atoms with Gasteiger partial charge in [-0.3, -0.25) is 9.59 Å². The fourth-order valence-corrected chi connectivity index (χ4v) is 4.28. The first-order valence-corrected chi connectivity index (χ1v) is 13.1. The standard InChI is InChI=1S/C33H32N2O6/c1-5-40-31(36)21-41-29-13-9-8-12-28(29)35(3)33(38)24-18-19-27(30(20-24)39-4)34-32(37)26-11-7-6-10-25(26)23-16-14-22(2)15-17-23/h6-20H,5,21H2,1-4H3,(H,34,37). The number of amides is 2. The van der Waals surface area contributed by atoms with Gasteiger partial charge in [-0.05, 0) is 61.4 Å². The van der Waals surface area contributed by atoms with E-state index in [1.807, 2.05) is 49.4 Å². The van der Waals surface area contributed by atoms with Crippen molar-refractivity contribution in [3.63, 3.8) is 0 Å². The maximum absolute atomic E-state index is 13.4. The van der Waals surface area contributed by atoms with E-state index < -0.39 is 5.97 Å². The number of aryl methyl sites for hydroxylation is 1. The van der Waals surface area contributed by atoms with E-state index in [0.717, 1.165) is 16.7 Å². The predicted molar refractivity (Wildman–Crippen MR) is 159 cm³/mol. The number of carbonyl (C=O) groups is 3. The van der Waals surface area contributed by atoms with Crippen molar-refractivity contribution in [2.75, 3.05) is 37.6 Å². The molecule has 4 aromatic carbocycles. The molecule has 0 heterocycles. The predicted octanol–water partition coefficient (Wildman–Crippen LogP) is 6.14. The third-order valence-corrected chi connectivity index (χ3v) is 6.41. The van der Waals surface area contributed by atoms with E-state index >= 15 is 0 Å². The van der Waals surface area contributed by atoms with Crippen LogP contribution < -0.4 is 19.7 Å². The Labute approximate surface area is 239 Å². The normalized spacial score (nSPS) is 10.4. The summed E-state index contributed by atoms with van der Waals surface area (Å²) < 4.78 is 16.1. The molecule has 0 fully saturated rings. The maximum Gasteiger partial charge on any atom is 0.344 e. The van der Waals surface area contributed by atoms with Gasteiger partial charge in [0, 0.05) is 18.2 Å². The Kier molecular flexibility index (Phi) is 9.37. The van der Waals surface area contributed by atoms with Gasteiger partial charge in [0.05, 0.1) is 25.1 Å². The topological polar surface area (TPSA) is 94.2 Å². The Morgan fingerprint density at radius 2 is 1.56 bits per heavy atom. The first-order valence-electron chi connectivity index (χ1n) is 13.1. The number of ether oxygens (including phenoxy) is 3. The van der Waals surface area contributed by atoms with Gasteiger partial charge in [0.1, 0.15) is 11.5 Å². The molecule has 0 spiro atoms. The number of para-hydroxylation sites is 2. The summed E-state index contributed by atoms with van der Waals surface area (Å²) in [5.74, 6) is -0.446. The number of hydrogen-bond acceptors (Lipinski definition) is 6. The van der Waals surface area contributed by atoms with Crippen molar-refractivity contribution >= 4 is 29.2 Å². The van der Waals surface area contributed by atoms with Crippen LogP contribution in [-0.4, -0.2) is 45.2 Å². The largest absolute Gasteiger partial charge is 0.495 e. The van der Waals surface area contributed by atoms with E-state index in [1.165, 1.54) is 12.0 Å². The molecule has 0 saturated carbocycles. The van der Waals surface area contributed by atoms with Crippen molar-refractivity contribution in [2.24, 2.45) is 0 Å². The highest BCUT2D eigenvalue weighted by Crippen LogP contribution is 2.32. The number of anilines is 2. The highest BCUT2D eigenvalue weighted by Gasteiger charge is 2.21. The number of nitrogens with zero attached hydrogens (tertiary/aromatic N) is 1. The minimum atomic E-state index is -0.500. The lowest BCUT2D eigenvalue weighted by Gasteiger charge is -2.21. The molecule has 1 N–H and O–H groups in total. The summed E-state index contributed by atoms with van der Waals surface area (Å²) in [6.45, 7) is 3.70. The van der Waals surface area contributed by atoms with Crippen LogP contribution in [-0.2, 0) is 9.53 Å². The second kappa shape index (κ2) is 13.3. The van der Waals surface area contributed by atoms with Crippen LogP contribution in [0.3, 0.4) is 0 Å². The van der Waals surface area contributed by atoms with Crippen molar-refractivity contribution in [1.82, 2.24) is 0 Å².